The molecule has 2 rings (SSSR count). The topological polar surface area (TPSA) is 56.7 Å². The van der Waals surface area contributed by atoms with Crippen LogP contribution in [0.15, 0.2) is 0 Å². The molecule has 1 atom stereocenters. The van der Waals surface area contributed by atoms with Crippen LogP contribution in [0, 0.1) is 0 Å². The zero-order chi connectivity index (χ0) is 7.84. The molecule has 2 N–H and O–H groups in total. The van der Waals surface area contributed by atoms with Gasteiger partial charge >= 0.3 is 0 Å². The van der Waals surface area contributed by atoms with Crippen molar-refractivity contribution in [3.63, 3.8) is 0 Å². The summed E-state index contributed by atoms with van der Waals surface area (Å²) in [7, 11) is 0. The Labute approximate surface area is 69.4 Å². The van der Waals surface area contributed by atoms with E-state index in [1.165, 1.54) is 0 Å². The van der Waals surface area contributed by atoms with Gasteiger partial charge in [0.2, 0.25) is 5.95 Å². The number of halogens is 1. The summed E-state index contributed by atoms with van der Waals surface area (Å²) >= 11 is 6.00. The molecule has 0 amide bonds. The lowest BCUT2D eigenvalue weighted by atomic mass is 10.2. The fraction of sp³-hybridized carbons (Fsp3) is 0.667. The maximum Gasteiger partial charge on any atom is 0.223 e. The number of aryl methyl sites for hydroxylation is 1. The number of rotatable bonds is 0. The summed E-state index contributed by atoms with van der Waals surface area (Å²) in [6.45, 7) is 0. The lowest BCUT2D eigenvalue weighted by Crippen LogP contribution is -2.15. The number of aromatic nitrogens is 3. The Morgan fingerprint density at radius 3 is 3.09 bits per heavy atom. The second kappa shape index (κ2) is 2.37. The van der Waals surface area contributed by atoms with Crippen LogP contribution < -0.4 is 5.73 Å². The van der Waals surface area contributed by atoms with E-state index < -0.39 is 0 Å². The van der Waals surface area contributed by atoms with Crippen molar-refractivity contribution in [1.29, 1.82) is 0 Å². The van der Waals surface area contributed by atoms with Crippen molar-refractivity contribution in [2.24, 2.45) is 0 Å². The Morgan fingerprint density at radius 2 is 2.36 bits per heavy atom. The maximum absolute atomic E-state index is 6.00. The van der Waals surface area contributed by atoms with E-state index in [1.807, 2.05) is 0 Å². The first-order valence-electron chi connectivity index (χ1n) is 3.62. The Kier molecular flexibility index (Phi) is 1.49. The Bertz CT molecular complexity index is 270. The van der Waals surface area contributed by atoms with Gasteiger partial charge in [0.15, 0.2) is 0 Å². The van der Waals surface area contributed by atoms with Crippen LogP contribution in [0.4, 0.5) is 5.95 Å². The molecule has 0 spiro atoms. The van der Waals surface area contributed by atoms with Gasteiger partial charge in [0, 0.05) is 6.42 Å². The molecule has 0 radical (unpaired) electrons. The minimum Gasteiger partial charge on any atom is -0.368 e. The second-order valence-electron chi connectivity index (χ2n) is 2.67. The van der Waals surface area contributed by atoms with E-state index in [1.54, 1.807) is 4.57 Å². The molecule has 1 aromatic rings. The highest BCUT2D eigenvalue weighted by molar-refractivity contribution is 6.19. The van der Waals surface area contributed by atoms with Crippen LogP contribution in [0.5, 0.6) is 0 Å². The van der Waals surface area contributed by atoms with Crippen LogP contribution in [0.3, 0.4) is 0 Å². The highest BCUT2D eigenvalue weighted by Crippen LogP contribution is 2.28. The minimum atomic E-state index is -0.0475. The molecule has 11 heavy (non-hydrogen) atoms. The van der Waals surface area contributed by atoms with Crippen LogP contribution in [-0.2, 0) is 6.42 Å². The van der Waals surface area contributed by atoms with Gasteiger partial charge in [-0.25, -0.2) is 0 Å². The van der Waals surface area contributed by atoms with Crippen LogP contribution in [0.2, 0.25) is 0 Å². The van der Waals surface area contributed by atoms with E-state index >= 15 is 0 Å². The molecule has 1 aliphatic rings. The van der Waals surface area contributed by atoms with Gasteiger partial charge in [-0.15, -0.1) is 10.2 Å². The molecule has 1 unspecified atom stereocenters. The molecule has 1 aromatic heterocycles. The van der Waals surface area contributed by atoms with Crippen LogP contribution in [0.1, 0.15) is 24.2 Å². The van der Waals surface area contributed by atoms with Crippen LogP contribution in [-0.4, -0.2) is 14.8 Å². The van der Waals surface area contributed by atoms with Crippen molar-refractivity contribution >= 4 is 17.5 Å². The number of nitrogens with zero attached hydrogens (tertiary/aromatic N) is 3. The highest BCUT2D eigenvalue weighted by Gasteiger charge is 2.20. The van der Waals surface area contributed by atoms with E-state index in [4.69, 9.17) is 17.3 Å². The Morgan fingerprint density at radius 1 is 1.55 bits per heavy atom. The molecule has 4 nitrogen and oxygen atoms in total. The zero-order valence-electron chi connectivity index (χ0n) is 6.00. The minimum absolute atomic E-state index is 0.0475. The van der Waals surface area contributed by atoms with Crippen LogP contribution in [0.25, 0.3) is 0 Å². The van der Waals surface area contributed by atoms with E-state index in [0.29, 0.717) is 5.95 Å². The molecule has 2 heterocycles. The summed E-state index contributed by atoms with van der Waals surface area (Å²) in [4.78, 5) is 0. The summed E-state index contributed by atoms with van der Waals surface area (Å²) < 4.78 is 1.80. The molecule has 0 saturated heterocycles. The highest BCUT2D eigenvalue weighted by atomic mass is 35.5. The van der Waals surface area contributed by atoms with Gasteiger partial charge in [-0.3, -0.25) is 4.57 Å². The number of fused-ring (bicyclic) bond motifs is 1. The normalized spacial score (nSPS) is 23.2. The lowest BCUT2D eigenvalue weighted by molar-refractivity contribution is 0.507. The molecule has 0 fully saturated rings. The molecule has 1 aliphatic heterocycles. The van der Waals surface area contributed by atoms with Crippen molar-refractivity contribution in [2.45, 2.75) is 24.8 Å². The van der Waals surface area contributed by atoms with Gasteiger partial charge in [-0.2, -0.15) is 0 Å². The summed E-state index contributed by atoms with van der Waals surface area (Å²) in [5.41, 5.74) is 5.51. The molecule has 0 saturated carbocycles. The van der Waals surface area contributed by atoms with Gasteiger partial charge < -0.3 is 5.73 Å². The van der Waals surface area contributed by atoms with Gasteiger partial charge in [0.05, 0.1) is 0 Å². The van der Waals surface area contributed by atoms with Crippen molar-refractivity contribution in [3.05, 3.63) is 5.82 Å². The van der Waals surface area contributed by atoms with Crippen molar-refractivity contribution in [1.82, 2.24) is 14.8 Å². The third kappa shape index (κ3) is 0.976. The standard InChI is InChI=1S/C6H9ClN4/c7-4-2-1-3-5-9-10-6(8)11(4)5/h4H,1-3H2,(H2,8,10). The summed E-state index contributed by atoms with van der Waals surface area (Å²) in [5.74, 6) is 1.34. The molecule has 0 aromatic carbocycles. The third-order valence-electron chi connectivity index (χ3n) is 1.92. The maximum atomic E-state index is 6.00. The van der Waals surface area contributed by atoms with Gasteiger partial charge in [0.1, 0.15) is 11.3 Å². The smallest absolute Gasteiger partial charge is 0.223 e. The monoisotopic (exact) mass is 172 g/mol. The summed E-state index contributed by atoms with van der Waals surface area (Å²) in [5, 5.41) is 7.67. The molecule has 0 bridgehead atoms. The van der Waals surface area contributed by atoms with Crippen LogP contribution >= 0.6 is 11.6 Å². The fourth-order valence-corrected chi connectivity index (χ4v) is 1.74. The number of alkyl halides is 1. The van der Waals surface area contributed by atoms with Crippen molar-refractivity contribution in [3.8, 4) is 0 Å². The zero-order valence-corrected chi connectivity index (χ0v) is 6.75. The predicted octanol–water partition coefficient (Wildman–Crippen LogP) is 0.934. The van der Waals surface area contributed by atoms with E-state index in [9.17, 15) is 0 Å². The average Bonchev–Trinajstić information content (AvgIpc) is 2.34. The SMILES string of the molecule is Nc1nnc2n1C(Cl)CCC2. The fourth-order valence-electron chi connectivity index (χ4n) is 1.37. The quantitative estimate of drug-likeness (QED) is 0.593. The molecular formula is C6H9ClN4. The van der Waals surface area contributed by atoms with Gasteiger partial charge in [0.25, 0.3) is 0 Å². The number of hydrogen-bond acceptors (Lipinski definition) is 3. The van der Waals surface area contributed by atoms with Crippen molar-refractivity contribution < 1.29 is 0 Å². The number of anilines is 1. The Hall–Kier alpha value is -0.770. The first kappa shape index (κ1) is 6.91. The first-order valence-corrected chi connectivity index (χ1v) is 4.06. The molecule has 0 aliphatic carbocycles. The van der Waals surface area contributed by atoms with Gasteiger partial charge in [-0.1, -0.05) is 11.6 Å². The van der Waals surface area contributed by atoms with E-state index in [-0.39, 0.29) is 5.50 Å². The first-order chi connectivity index (χ1) is 5.29. The number of hydrogen-bond donors (Lipinski definition) is 1. The molecule has 60 valence electrons. The predicted molar refractivity (Wildman–Crippen MR) is 42.3 cm³/mol. The molecule has 5 heteroatoms. The van der Waals surface area contributed by atoms with Gasteiger partial charge in [-0.05, 0) is 12.8 Å². The second-order valence-corrected chi connectivity index (χ2v) is 3.17. The van der Waals surface area contributed by atoms with Crippen molar-refractivity contribution in [2.75, 3.05) is 5.73 Å². The summed E-state index contributed by atoms with van der Waals surface area (Å²) in [6, 6.07) is 0. The summed E-state index contributed by atoms with van der Waals surface area (Å²) in [6.07, 6.45) is 2.97. The van der Waals surface area contributed by atoms with E-state index in [2.05, 4.69) is 10.2 Å². The largest absolute Gasteiger partial charge is 0.368 e. The number of nitrogens with two attached hydrogens (primary N) is 1. The Balaban J connectivity index is 2.48. The third-order valence-corrected chi connectivity index (χ3v) is 2.33. The number of nitrogen functional groups attached to an aromatic ring is 1. The van der Waals surface area contributed by atoms with E-state index in [0.717, 1.165) is 25.1 Å². The lowest BCUT2D eigenvalue weighted by Gasteiger charge is -2.18. The molecular weight excluding hydrogens is 164 g/mol. The average molecular weight is 173 g/mol.